The molecule has 19 heavy (non-hydrogen) atoms. The van der Waals surface area contributed by atoms with E-state index in [4.69, 9.17) is 4.42 Å². The van der Waals surface area contributed by atoms with E-state index in [1.54, 1.807) is 6.07 Å². The van der Waals surface area contributed by atoms with Crippen molar-refractivity contribution in [3.63, 3.8) is 0 Å². The summed E-state index contributed by atoms with van der Waals surface area (Å²) in [4.78, 5) is 30.6. The van der Waals surface area contributed by atoms with Gasteiger partial charge in [-0.25, -0.2) is 9.88 Å². The second kappa shape index (κ2) is 3.94. The van der Waals surface area contributed by atoms with Crippen LogP contribution in [0.15, 0.2) is 35.1 Å². The second-order valence-electron chi connectivity index (χ2n) is 4.37. The molecule has 0 spiro atoms. The highest BCUT2D eigenvalue weighted by Gasteiger charge is 2.28. The second-order valence-corrected chi connectivity index (χ2v) is 4.37. The zero-order valence-electron chi connectivity index (χ0n) is 10.5. The number of aromatic nitrogens is 1. The number of carbonyl (C=O) groups excluding carboxylic acids is 2. The molecule has 96 valence electrons. The average molecular weight is 257 g/mol. The highest BCUT2D eigenvalue weighted by Crippen LogP contribution is 2.33. The lowest BCUT2D eigenvalue weighted by Gasteiger charge is -2.17. The number of anilines is 2. The molecule has 0 aromatic carbocycles. The van der Waals surface area contributed by atoms with Crippen molar-refractivity contribution in [2.45, 2.75) is 0 Å². The summed E-state index contributed by atoms with van der Waals surface area (Å²) >= 11 is 0. The first-order chi connectivity index (χ1) is 9.09. The first-order valence-corrected chi connectivity index (χ1v) is 5.69. The molecule has 0 saturated carbocycles. The van der Waals surface area contributed by atoms with E-state index in [0.29, 0.717) is 11.3 Å². The third-order valence-electron chi connectivity index (χ3n) is 2.92. The van der Waals surface area contributed by atoms with Crippen LogP contribution in [0.25, 0.3) is 11.0 Å². The number of fused-ring (bicyclic) bond motifs is 1. The molecule has 0 fully saturated rings. The topological polar surface area (TPSA) is 66.7 Å². The van der Waals surface area contributed by atoms with Gasteiger partial charge in [-0.15, -0.1) is 0 Å². The van der Waals surface area contributed by atoms with E-state index in [9.17, 15) is 9.59 Å². The van der Waals surface area contributed by atoms with Crippen LogP contribution in [0.4, 0.5) is 11.5 Å². The van der Waals surface area contributed by atoms with Crippen molar-refractivity contribution in [3.05, 3.63) is 30.7 Å². The Morgan fingerprint density at radius 2 is 1.89 bits per heavy atom. The molecule has 6 heteroatoms. The van der Waals surface area contributed by atoms with Gasteiger partial charge in [0.2, 0.25) is 0 Å². The normalized spacial score (nSPS) is 14.7. The van der Waals surface area contributed by atoms with Crippen molar-refractivity contribution in [3.8, 4) is 0 Å². The number of amides is 2. The fourth-order valence-corrected chi connectivity index (χ4v) is 2.09. The highest BCUT2D eigenvalue weighted by molar-refractivity contribution is 6.30. The quantitative estimate of drug-likeness (QED) is 0.759. The van der Waals surface area contributed by atoms with Crippen molar-refractivity contribution >= 4 is 34.3 Å². The van der Waals surface area contributed by atoms with Crippen molar-refractivity contribution < 1.29 is 14.0 Å². The molecule has 3 rings (SSSR count). The van der Waals surface area contributed by atoms with Crippen LogP contribution < -0.4 is 9.80 Å². The van der Waals surface area contributed by atoms with Gasteiger partial charge in [0.15, 0.2) is 5.58 Å². The smallest absolute Gasteiger partial charge is 0.258 e. The molecular formula is C13H11N3O3. The third kappa shape index (κ3) is 1.61. The van der Waals surface area contributed by atoms with Gasteiger partial charge in [-0.05, 0) is 6.07 Å². The maximum atomic E-state index is 11.7. The van der Waals surface area contributed by atoms with Crippen molar-refractivity contribution in [2.24, 2.45) is 0 Å². The van der Waals surface area contributed by atoms with Crippen molar-refractivity contribution in [2.75, 3.05) is 23.9 Å². The Labute approximate surface area is 108 Å². The Kier molecular flexibility index (Phi) is 2.38. The molecule has 0 atom stereocenters. The predicted octanol–water partition coefficient (Wildman–Crippen LogP) is 1.32. The van der Waals surface area contributed by atoms with E-state index in [2.05, 4.69) is 4.98 Å². The first kappa shape index (κ1) is 11.5. The van der Waals surface area contributed by atoms with Crippen LogP contribution in [0.5, 0.6) is 0 Å². The summed E-state index contributed by atoms with van der Waals surface area (Å²) in [5, 5.41) is 0.759. The van der Waals surface area contributed by atoms with E-state index in [1.165, 1.54) is 24.6 Å². The van der Waals surface area contributed by atoms with Gasteiger partial charge in [-0.1, -0.05) is 0 Å². The fraction of sp³-hybridized carbons (Fsp3) is 0.154. The number of carbonyl (C=O) groups is 2. The molecule has 0 aliphatic carbocycles. The van der Waals surface area contributed by atoms with E-state index >= 15 is 0 Å². The van der Waals surface area contributed by atoms with Crippen LogP contribution in [0.3, 0.4) is 0 Å². The lowest BCUT2D eigenvalue weighted by Crippen LogP contribution is -2.30. The summed E-state index contributed by atoms with van der Waals surface area (Å²) in [6.45, 7) is 0. The number of hydrogen-bond donors (Lipinski definition) is 0. The molecule has 0 saturated heterocycles. The minimum atomic E-state index is -0.387. The summed E-state index contributed by atoms with van der Waals surface area (Å²) in [7, 11) is 3.73. The Bertz CT molecular complexity index is 697. The zero-order chi connectivity index (χ0) is 13.6. The lowest BCUT2D eigenvalue weighted by molar-refractivity contribution is -0.119. The van der Waals surface area contributed by atoms with Crippen molar-refractivity contribution in [1.29, 1.82) is 0 Å². The molecule has 2 aromatic heterocycles. The molecular weight excluding hydrogens is 246 g/mol. The number of rotatable bonds is 2. The molecule has 3 heterocycles. The SMILES string of the molecule is CN(C)c1ncc(N2C(=O)C=CC2=O)c2occc12. The molecule has 0 N–H and O–H groups in total. The van der Waals surface area contributed by atoms with Gasteiger partial charge in [0.1, 0.15) is 11.5 Å². The fourth-order valence-electron chi connectivity index (χ4n) is 2.09. The van der Waals surface area contributed by atoms with Gasteiger partial charge in [0.25, 0.3) is 11.8 Å². The summed E-state index contributed by atoms with van der Waals surface area (Å²) < 4.78 is 5.41. The Balaban J connectivity index is 2.21. The summed E-state index contributed by atoms with van der Waals surface area (Å²) in [5.41, 5.74) is 0.842. The Morgan fingerprint density at radius 1 is 1.21 bits per heavy atom. The number of hydrogen-bond acceptors (Lipinski definition) is 5. The van der Waals surface area contributed by atoms with Crippen LogP contribution in [0.2, 0.25) is 0 Å². The van der Waals surface area contributed by atoms with E-state index in [-0.39, 0.29) is 11.8 Å². The van der Waals surface area contributed by atoms with Gasteiger partial charge < -0.3 is 9.32 Å². The molecule has 0 unspecified atom stereocenters. The molecule has 2 aromatic rings. The number of furan rings is 1. The number of nitrogens with zero attached hydrogens (tertiary/aromatic N) is 3. The Hall–Kier alpha value is -2.63. The molecule has 6 nitrogen and oxygen atoms in total. The van der Waals surface area contributed by atoms with E-state index < -0.39 is 0 Å². The van der Waals surface area contributed by atoms with Gasteiger partial charge >= 0.3 is 0 Å². The average Bonchev–Trinajstić information content (AvgIpc) is 2.96. The molecule has 0 radical (unpaired) electrons. The van der Waals surface area contributed by atoms with E-state index in [1.807, 2.05) is 19.0 Å². The van der Waals surface area contributed by atoms with Gasteiger partial charge in [0.05, 0.1) is 17.8 Å². The van der Waals surface area contributed by atoms with Crippen LogP contribution in [-0.2, 0) is 9.59 Å². The number of pyridine rings is 1. The molecule has 0 bridgehead atoms. The van der Waals surface area contributed by atoms with Gasteiger partial charge in [0, 0.05) is 26.2 Å². The van der Waals surface area contributed by atoms with Crippen LogP contribution in [0.1, 0.15) is 0 Å². The summed E-state index contributed by atoms with van der Waals surface area (Å²) in [6, 6.07) is 1.76. The number of imide groups is 1. The van der Waals surface area contributed by atoms with Gasteiger partial charge in [-0.2, -0.15) is 0 Å². The van der Waals surface area contributed by atoms with E-state index in [0.717, 1.165) is 16.1 Å². The summed E-state index contributed by atoms with van der Waals surface area (Å²) in [6.07, 6.45) is 5.46. The largest absolute Gasteiger partial charge is 0.462 e. The van der Waals surface area contributed by atoms with Crippen LogP contribution >= 0.6 is 0 Å². The third-order valence-corrected chi connectivity index (χ3v) is 2.92. The minimum Gasteiger partial charge on any atom is -0.462 e. The lowest BCUT2D eigenvalue weighted by atomic mass is 10.2. The predicted molar refractivity (Wildman–Crippen MR) is 70.0 cm³/mol. The maximum absolute atomic E-state index is 11.7. The first-order valence-electron chi connectivity index (χ1n) is 5.69. The van der Waals surface area contributed by atoms with Gasteiger partial charge in [-0.3, -0.25) is 9.59 Å². The summed E-state index contributed by atoms with van der Waals surface area (Å²) in [5.74, 6) is -0.0521. The highest BCUT2D eigenvalue weighted by atomic mass is 16.3. The monoisotopic (exact) mass is 257 g/mol. The molecule has 2 amide bonds. The molecule has 1 aliphatic heterocycles. The Morgan fingerprint density at radius 3 is 2.53 bits per heavy atom. The van der Waals surface area contributed by atoms with Crippen molar-refractivity contribution in [1.82, 2.24) is 4.98 Å². The van der Waals surface area contributed by atoms with Crippen LogP contribution in [0, 0.1) is 0 Å². The van der Waals surface area contributed by atoms with Crippen LogP contribution in [-0.4, -0.2) is 30.9 Å². The molecule has 1 aliphatic rings. The zero-order valence-corrected chi connectivity index (χ0v) is 10.5. The maximum Gasteiger partial charge on any atom is 0.258 e. The standard InChI is InChI=1S/C13H11N3O3/c1-15(2)13-8-5-6-19-12(8)9(7-14-13)16-10(17)3-4-11(16)18/h3-7H,1-2H3. The minimum absolute atomic E-state index is 0.366.